The standard InChI is InChI=1S/C15H17ClN4O/c1-3-5-18-14-12(16)7-11(9-19-14)15(21)20-13-4-6-17-8-10(13)2/h4,6-9H,3,5H2,1-2H3,(H,18,19)(H,17,20,21). The quantitative estimate of drug-likeness (QED) is 0.887. The molecule has 0 fully saturated rings. The Balaban J connectivity index is 2.13. The summed E-state index contributed by atoms with van der Waals surface area (Å²) < 4.78 is 0. The molecule has 21 heavy (non-hydrogen) atoms. The van der Waals surface area contributed by atoms with Gasteiger partial charge in [0.05, 0.1) is 10.6 Å². The molecule has 0 unspecified atom stereocenters. The minimum absolute atomic E-state index is 0.249. The van der Waals surface area contributed by atoms with E-state index in [0.29, 0.717) is 16.4 Å². The molecule has 2 rings (SSSR count). The molecule has 2 heterocycles. The molecule has 0 aliphatic carbocycles. The molecule has 0 saturated heterocycles. The van der Waals surface area contributed by atoms with Crippen molar-refractivity contribution in [3.8, 4) is 0 Å². The molecular weight excluding hydrogens is 288 g/mol. The van der Waals surface area contributed by atoms with Gasteiger partial charge in [0.2, 0.25) is 0 Å². The monoisotopic (exact) mass is 304 g/mol. The average molecular weight is 305 g/mol. The zero-order valence-electron chi connectivity index (χ0n) is 12.0. The van der Waals surface area contributed by atoms with Crippen LogP contribution in [0.4, 0.5) is 11.5 Å². The largest absolute Gasteiger partial charge is 0.369 e. The molecule has 0 spiro atoms. The van der Waals surface area contributed by atoms with Gasteiger partial charge in [-0.25, -0.2) is 4.98 Å². The van der Waals surface area contributed by atoms with Gasteiger partial charge >= 0.3 is 0 Å². The predicted molar refractivity (Wildman–Crippen MR) is 85.0 cm³/mol. The van der Waals surface area contributed by atoms with Crippen molar-refractivity contribution in [2.75, 3.05) is 17.2 Å². The van der Waals surface area contributed by atoms with Crippen LogP contribution in [-0.2, 0) is 0 Å². The number of rotatable bonds is 5. The van der Waals surface area contributed by atoms with Crippen LogP contribution < -0.4 is 10.6 Å². The van der Waals surface area contributed by atoms with Gasteiger partial charge in [0.15, 0.2) is 0 Å². The summed E-state index contributed by atoms with van der Waals surface area (Å²) in [4.78, 5) is 20.4. The van der Waals surface area contributed by atoms with Gasteiger partial charge in [-0.2, -0.15) is 0 Å². The number of halogens is 1. The Bertz CT molecular complexity index is 645. The van der Waals surface area contributed by atoms with Crippen molar-refractivity contribution in [1.29, 1.82) is 0 Å². The van der Waals surface area contributed by atoms with Crippen LogP contribution >= 0.6 is 11.6 Å². The summed E-state index contributed by atoms with van der Waals surface area (Å²) in [5, 5.41) is 6.36. The summed E-state index contributed by atoms with van der Waals surface area (Å²) in [6.07, 6.45) is 5.81. The smallest absolute Gasteiger partial charge is 0.257 e. The SMILES string of the molecule is CCCNc1ncc(C(=O)Nc2ccncc2C)cc1Cl. The highest BCUT2D eigenvalue weighted by Gasteiger charge is 2.11. The summed E-state index contributed by atoms with van der Waals surface area (Å²) in [5.41, 5.74) is 2.03. The predicted octanol–water partition coefficient (Wildman–Crippen LogP) is 3.51. The summed E-state index contributed by atoms with van der Waals surface area (Å²) >= 11 is 6.13. The summed E-state index contributed by atoms with van der Waals surface area (Å²) in [5.74, 6) is 0.343. The van der Waals surface area contributed by atoms with Crippen LogP contribution in [0.2, 0.25) is 5.02 Å². The number of aromatic nitrogens is 2. The molecule has 0 aromatic carbocycles. The zero-order chi connectivity index (χ0) is 15.2. The van der Waals surface area contributed by atoms with Gasteiger partial charge in [0.25, 0.3) is 5.91 Å². The van der Waals surface area contributed by atoms with Crippen molar-refractivity contribution in [2.45, 2.75) is 20.3 Å². The lowest BCUT2D eigenvalue weighted by atomic mass is 10.2. The van der Waals surface area contributed by atoms with Crippen molar-refractivity contribution >= 4 is 29.0 Å². The van der Waals surface area contributed by atoms with E-state index >= 15 is 0 Å². The molecule has 2 N–H and O–H groups in total. The second-order valence-corrected chi connectivity index (χ2v) is 5.03. The molecule has 2 aromatic rings. The maximum atomic E-state index is 12.2. The Labute approximate surface area is 128 Å². The number of nitrogens with zero attached hydrogens (tertiary/aromatic N) is 2. The van der Waals surface area contributed by atoms with Crippen molar-refractivity contribution in [3.05, 3.63) is 46.9 Å². The Kier molecular flexibility index (Phi) is 5.11. The second-order valence-electron chi connectivity index (χ2n) is 4.63. The molecule has 0 radical (unpaired) electrons. The number of nitrogens with one attached hydrogen (secondary N) is 2. The average Bonchev–Trinajstić information content (AvgIpc) is 2.48. The Morgan fingerprint density at radius 2 is 2.19 bits per heavy atom. The lowest BCUT2D eigenvalue weighted by Gasteiger charge is -2.10. The first-order chi connectivity index (χ1) is 10.1. The van der Waals surface area contributed by atoms with Gasteiger partial charge in [-0.15, -0.1) is 0 Å². The van der Waals surface area contributed by atoms with Gasteiger partial charge in [-0.05, 0) is 31.0 Å². The maximum Gasteiger partial charge on any atom is 0.257 e. The Hall–Kier alpha value is -2.14. The number of aryl methyl sites for hydroxylation is 1. The van der Waals surface area contributed by atoms with Crippen LogP contribution in [0.15, 0.2) is 30.7 Å². The topological polar surface area (TPSA) is 66.9 Å². The Morgan fingerprint density at radius 3 is 2.86 bits per heavy atom. The van der Waals surface area contributed by atoms with E-state index in [0.717, 1.165) is 24.2 Å². The first kappa shape index (κ1) is 15.3. The molecule has 0 bridgehead atoms. The van der Waals surface area contributed by atoms with Gasteiger partial charge < -0.3 is 10.6 Å². The number of carbonyl (C=O) groups is 1. The van der Waals surface area contributed by atoms with Crippen LogP contribution in [0.25, 0.3) is 0 Å². The Morgan fingerprint density at radius 1 is 1.38 bits per heavy atom. The number of pyridine rings is 2. The van der Waals surface area contributed by atoms with Gasteiger partial charge in [-0.3, -0.25) is 9.78 Å². The summed E-state index contributed by atoms with van der Waals surface area (Å²) in [7, 11) is 0. The normalized spacial score (nSPS) is 10.2. The van der Waals surface area contributed by atoms with Gasteiger partial charge in [0, 0.05) is 30.8 Å². The minimum Gasteiger partial charge on any atom is -0.369 e. The van der Waals surface area contributed by atoms with E-state index in [2.05, 4.69) is 27.5 Å². The fraction of sp³-hybridized carbons (Fsp3) is 0.267. The van der Waals surface area contributed by atoms with E-state index in [9.17, 15) is 4.79 Å². The molecule has 2 aromatic heterocycles. The third kappa shape index (κ3) is 3.92. The van der Waals surface area contributed by atoms with Crippen LogP contribution in [0, 0.1) is 6.92 Å². The minimum atomic E-state index is -0.249. The highest BCUT2D eigenvalue weighted by molar-refractivity contribution is 6.33. The summed E-state index contributed by atoms with van der Waals surface area (Å²) in [6.45, 7) is 4.72. The van der Waals surface area contributed by atoms with Crippen molar-refractivity contribution in [1.82, 2.24) is 9.97 Å². The van der Waals surface area contributed by atoms with Crippen LogP contribution in [-0.4, -0.2) is 22.4 Å². The summed E-state index contributed by atoms with van der Waals surface area (Å²) in [6, 6.07) is 3.36. The highest BCUT2D eigenvalue weighted by atomic mass is 35.5. The van der Waals surface area contributed by atoms with E-state index < -0.39 is 0 Å². The first-order valence-electron chi connectivity index (χ1n) is 6.73. The number of anilines is 2. The number of hydrogen-bond donors (Lipinski definition) is 2. The number of hydrogen-bond acceptors (Lipinski definition) is 4. The molecular formula is C15H17ClN4O. The molecule has 6 heteroatoms. The molecule has 0 saturated carbocycles. The van der Waals surface area contributed by atoms with Crippen molar-refractivity contribution < 1.29 is 4.79 Å². The van der Waals surface area contributed by atoms with Crippen molar-refractivity contribution in [3.63, 3.8) is 0 Å². The number of carbonyl (C=O) groups excluding carboxylic acids is 1. The lowest BCUT2D eigenvalue weighted by molar-refractivity contribution is 0.102. The molecule has 0 aliphatic heterocycles. The molecule has 0 aliphatic rings. The molecule has 5 nitrogen and oxygen atoms in total. The third-order valence-corrected chi connectivity index (χ3v) is 3.20. The van der Waals surface area contributed by atoms with E-state index in [1.54, 1.807) is 24.5 Å². The van der Waals surface area contributed by atoms with E-state index in [1.165, 1.54) is 6.20 Å². The van der Waals surface area contributed by atoms with E-state index in [4.69, 9.17) is 11.6 Å². The molecule has 0 atom stereocenters. The third-order valence-electron chi connectivity index (χ3n) is 2.91. The fourth-order valence-electron chi connectivity index (χ4n) is 1.74. The maximum absolute atomic E-state index is 12.2. The van der Waals surface area contributed by atoms with Crippen LogP contribution in [0.3, 0.4) is 0 Å². The van der Waals surface area contributed by atoms with Crippen LogP contribution in [0.1, 0.15) is 29.3 Å². The number of amides is 1. The van der Waals surface area contributed by atoms with E-state index in [1.807, 2.05) is 6.92 Å². The highest BCUT2D eigenvalue weighted by Crippen LogP contribution is 2.21. The van der Waals surface area contributed by atoms with Gasteiger partial charge in [-0.1, -0.05) is 18.5 Å². The fourth-order valence-corrected chi connectivity index (χ4v) is 1.98. The van der Waals surface area contributed by atoms with Crippen molar-refractivity contribution in [2.24, 2.45) is 0 Å². The second kappa shape index (κ2) is 7.04. The zero-order valence-corrected chi connectivity index (χ0v) is 12.7. The lowest BCUT2D eigenvalue weighted by Crippen LogP contribution is -2.14. The molecule has 1 amide bonds. The van der Waals surface area contributed by atoms with E-state index in [-0.39, 0.29) is 5.91 Å². The van der Waals surface area contributed by atoms with Gasteiger partial charge in [0.1, 0.15) is 5.82 Å². The molecule has 110 valence electrons. The van der Waals surface area contributed by atoms with Crippen LogP contribution in [0.5, 0.6) is 0 Å². The first-order valence-corrected chi connectivity index (χ1v) is 7.11.